The van der Waals surface area contributed by atoms with Crippen LogP contribution in [0.25, 0.3) is 17.3 Å². The van der Waals surface area contributed by atoms with Crippen molar-refractivity contribution in [3.8, 4) is 11.3 Å². The van der Waals surface area contributed by atoms with Crippen LogP contribution in [0.1, 0.15) is 16.7 Å². The van der Waals surface area contributed by atoms with Crippen molar-refractivity contribution in [1.82, 2.24) is 14.8 Å². The van der Waals surface area contributed by atoms with Gasteiger partial charge in [-0.2, -0.15) is 5.10 Å². The number of sulfonamides is 1. The molecule has 0 spiro atoms. The van der Waals surface area contributed by atoms with Crippen molar-refractivity contribution >= 4 is 27.7 Å². The predicted octanol–water partition coefficient (Wildman–Crippen LogP) is 3.43. The molecule has 2 heterocycles. The van der Waals surface area contributed by atoms with E-state index in [9.17, 15) is 13.2 Å². The summed E-state index contributed by atoms with van der Waals surface area (Å²) >= 11 is 0. The molecule has 0 aliphatic heterocycles. The Morgan fingerprint density at radius 1 is 1.03 bits per heavy atom. The van der Waals surface area contributed by atoms with Crippen LogP contribution in [0.4, 0.5) is 5.69 Å². The van der Waals surface area contributed by atoms with Crippen LogP contribution in [0.3, 0.4) is 0 Å². The van der Waals surface area contributed by atoms with Gasteiger partial charge in [-0.1, -0.05) is 42.5 Å². The summed E-state index contributed by atoms with van der Waals surface area (Å²) < 4.78 is 24.5. The lowest BCUT2D eigenvalue weighted by molar-refractivity contribution is -0.111. The number of nitrogens with one attached hydrogen (secondary N) is 1. The van der Waals surface area contributed by atoms with Crippen molar-refractivity contribution in [2.45, 2.75) is 12.3 Å². The maximum atomic E-state index is 12.5. The van der Waals surface area contributed by atoms with Crippen molar-refractivity contribution < 1.29 is 13.2 Å². The Balaban J connectivity index is 1.54. The summed E-state index contributed by atoms with van der Waals surface area (Å²) in [6.45, 7) is 0.588. The smallest absolute Gasteiger partial charge is 0.248 e. The first-order valence-electron chi connectivity index (χ1n) is 10.5. The second-order valence-corrected chi connectivity index (χ2v) is 9.30. The number of hydrogen-bond acceptors (Lipinski definition) is 5. The highest BCUT2D eigenvalue weighted by Gasteiger charge is 2.11. The van der Waals surface area contributed by atoms with Crippen LogP contribution in [0.2, 0.25) is 0 Å². The van der Waals surface area contributed by atoms with Crippen LogP contribution >= 0.6 is 0 Å². The molecule has 4 rings (SSSR count). The number of carbonyl (C=O) groups is 1. The molecule has 34 heavy (non-hydrogen) atoms. The van der Waals surface area contributed by atoms with Gasteiger partial charge in [-0.15, -0.1) is 0 Å². The molecule has 0 radical (unpaired) electrons. The van der Waals surface area contributed by atoms with E-state index in [1.165, 1.54) is 6.08 Å². The van der Waals surface area contributed by atoms with Gasteiger partial charge >= 0.3 is 0 Å². The fraction of sp³-hybridized carbons (Fsp3) is 0.0800. The number of anilines is 1. The number of hydrogen-bond donors (Lipinski definition) is 2. The van der Waals surface area contributed by atoms with E-state index in [1.807, 2.05) is 53.3 Å². The lowest BCUT2D eigenvalue weighted by Gasteiger charge is -2.05. The van der Waals surface area contributed by atoms with E-state index in [0.717, 1.165) is 16.7 Å². The summed E-state index contributed by atoms with van der Waals surface area (Å²) in [6.07, 6.45) is 8.41. The first-order valence-corrected chi connectivity index (χ1v) is 12.2. The van der Waals surface area contributed by atoms with Crippen LogP contribution in [0, 0.1) is 0 Å². The minimum Gasteiger partial charge on any atom is -0.323 e. The molecule has 0 unspecified atom stereocenters. The van der Waals surface area contributed by atoms with E-state index in [4.69, 9.17) is 10.2 Å². The number of aromatic nitrogens is 3. The van der Waals surface area contributed by atoms with Crippen LogP contribution in [-0.4, -0.2) is 29.1 Å². The van der Waals surface area contributed by atoms with Gasteiger partial charge in [0.1, 0.15) is 5.69 Å². The third-order valence-corrected chi connectivity index (χ3v) is 5.62. The molecule has 0 aliphatic rings. The normalized spacial score (nSPS) is 11.6. The van der Waals surface area contributed by atoms with Gasteiger partial charge < -0.3 is 5.32 Å². The van der Waals surface area contributed by atoms with Crippen molar-refractivity contribution in [1.29, 1.82) is 0 Å². The minimum absolute atomic E-state index is 0.304. The van der Waals surface area contributed by atoms with E-state index >= 15 is 0 Å². The van der Waals surface area contributed by atoms with Gasteiger partial charge in [0.2, 0.25) is 15.9 Å². The Morgan fingerprint density at radius 3 is 2.56 bits per heavy atom. The Morgan fingerprint density at radius 2 is 1.82 bits per heavy atom. The highest BCUT2D eigenvalue weighted by Crippen LogP contribution is 2.23. The largest absolute Gasteiger partial charge is 0.323 e. The molecule has 9 heteroatoms. The van der Waals surface area contributed by atoms with Gasteiger partial charge in [0.15, 0.2) is 0 Å². The SMILES string of the molecule is NS(=O)(=O)Cc1cccc(NC(=O)/C=C/c2cn(Cc3ccccc3)nc2-c2cccnc2)c1. The second kappa shape index (κ2) is 10.2. The van der Waals surface area contributed by atoms with Crippen molar-refractivity contribution in [3.63, 3.8) is 0 Å². The Labute approximate surface area is 197 Å². The molecule has 8 nitrogen and oxygen atoms in total. The summed E-state index contributed by atoms with van der Waals surface area (Å²) in [5.41, 5.74) is 4.39. The quantitative estimate of drug-likeness (QED) is 0.380. The molecule has 172 valence electrons. The number of rotatable bonds is 8. The predicted molar refractivity (Wildman–Crippen MR) is 132 cm³/mol. The van der Waals surface area contributed by atoms with Crippen molar-refractivity contribution in [2.24, 2.45) is 5.14 Å². The van der Waals surface area contributed by atoms with E-state index in [2.05, 4.69) is 10.3 Å². The number of nitrogens with two attached hydrogens (primary N) is 1. The molecule has 0 saturated carbocycles. The maximum absolute atomic E-state index is 12.5. The first-order chi connectivity index (χ1) is 16.4. The van der Waals surface area contributed by atoms with Gasteiger partial charge in [0, 0.05) is 41.5 Å². The number of amides is 1. The third-order valence-electron chi connectivity index (χ3n) is 4.89. The minimum atomic E-state index is -3.66. The van der Waals surface area contributed by atoms with Crippen molar-refractivity contribution in [2.75, 3.05) is 5.32 Å². The maximum Gasteiger partial charge on any atom is 0.248 e. The molecule has 0 fully saturated rings. The first kappa shape index (κ1) is 23.1. The molecule has 0 saturated heterocycles. The summed E-state index contributed by atoms with van der Waals surface area (Å²) in [4.78, 5) is 16.7. The molecule has 3 N–H and O–H groups in total. The summed E-state index contributed by atoms with van der Waals surface area (Å²) in [5, 5.41) is 12.6. The molecular formula is C25H23N5O3S. The molecule has 0 aliphatic carbocycles. The fourth-order valence-electron chi connectivity index (χ4n) is 3.46. The number of benzene rings is 2. The zero-order valence-corrected chi connectivity index (χ0v) is 19.0. The molecule has 2 aromatic carbocycles. The van der Waals surface area contributed by atoms with Gasteiger partial charge in [0.25, 0.3) is 0 Å². The van der Waals surface area contributed by atoms with Gasteiger partial charge in [-0.25, -0.2) is 13.6 Å². The number of carbonyl (C=O) groups excluding carboxylic acids is 1. The number of pyridine rings is 1. The highest BCUT2D eigenvalue weighted by molar-refractivity contribution is 7.88. The topological polar surface area (TPSA) is 120 Å². The average molecular weight is 474 g/mol. The van der Waals surface area contributed by atoms with E-state index in [1.54, 1.807) is 42.7 Å². The third kappa shape index (κ3) is 6.47. The zero-order chi connectivity index (χ0) is 24.0. The molecule has 0 atom stereocenters. The monoisotopic (exact) mass is 473 g/mol. The second-order valence-electron chi connectivity index (χ2n) is 7.69. The Hall–Kier alpha value is -4.08. The van der Waals surface area contributed by atoms with Crippen LogP contribution < -0.4 is 10.5 Å². The average Bonchev–Trinajstić information content (AvgIpc) is 3.20. The van der Waals surface area contributed by atoms with Crippen LogP contribution in [-0.2, 0) is 27.1 Å². The van der Waals surface area contributed by atoms with Gasteiger partial charge in [-0.3, -0.25) is 14.5 Å². The van der Waals surface area contributed by atoms with Crippen LogP contribution in [0.15, 0.2) is 91.4 Å². The number of primary sulfonamides is 1. The van der Waals surface area contributed by atoms with Crippen molar-refractivity contribution in [3.05, 3.63) is 108 Å². The Bertz CT molecular complexity index is 1420. The summed E-state index contributed by atoms with van der Waals surface area (Å²) in [7, 11) is -3.66. The summed E-state index contributed by atoms with van der Waals surface area (Å²) in [5.74, 6) is -0.664. The molecule has 0 bridgehead atoms. The molecule has 1 amide bonds. The van der Waals surface area contributed by atoms with Gasteiger partial charge in [-0.05, 0) is 41.5 Å². The molecule has 2 aromatic heterocycles. The molecular weight excluding hydrogens is 450 g/mol. The zero-order valence-electron chi connectivity index (χ0n) is 18.2. The lowest BCUT2D eigenvalue weighted by Crippen LogP contribution is -2.15. The molecule has 4 aromatic rings. The highest BCUT2D eigenvalue weighted by atomic mass is 32.2. The van der Waals surface area contributed by atoms with Crippen LogP contribution in [0.5, 0.6) is 0 Å². The van der Waals surface area contributed by atoms with E-state index in [-0.39, 0.29) is 11.7 Å². The number of nitrogens with zero attached hydrogens (tertiary/aromatic N) is 3. The summed E-state index contributed by atoms with van der Waals surface area (Å²) in [6, 6.07) is 20.3. The Kier molecular flexibility index (Phi) is 6.95. The van der Waals surface area contributed by atoms with E-state index in [0.29, 0.717) is 23.5 Å². The lowest BCUT2D eigenvalue weighted by atomic mass is 10.1. The fourth-order valence-corrected chi connectivity index (χ4v) is 4.10. The standard InChI is InChI=1S/C25H23N5O3S/c26-34(32,33)18-20-8-4-10-23(14-20)28-24(31)12-11-22-17-30(16-19-6-2-1-3-7-19)29-25(22)21-9-5-13-27-15-21/h1-15,17H,16,18H2,(H,28,31)(H2,26,32,33)/b12-11+. The van der Waals surface area contributed by atoms with E-state index < -0.39 is 10.0 Å². The van der Waals surface area contributed by atoms with Gasteiger partial charge in [0.05, 0.1) is 12.3 Å².